The van der Waals surface area contributed by atoms with Gasteiger partial charge in [-0.1, -0.05) is 36.4 Å². The van der Waals surface area contributed by atoms with Crippen LogP contribution in [-0.4, -0.2) is 41.8 Å². The molecule has 2 aromatic rings. The molecular weight excluding hydrogens is 338 g/mol. The lowest BCUT2D eigenvalue weighted by molar-refractivity contribution is 0.681. The maximum atomic E-state index is 12.1. The van der Waals surface area contributed by atoms with E-state index in [0.29, 0.717) is 12.3 Å². The van der Waals surface area contributed by atoms with Crippen LogP contribution < -0.4 is 10.6 Å². The third-order valence-electron chi connectivity index (χ3n) is 3.22. The number of aliphatic imine (C=N–C) groups is 1. The summed E-state index contributed by atoms with van der Waals surface area (Å²) in [5, 5.41) is 6.48. The molecule has 24 heavy (non-hydrogen) atoms. The van der Waals surface area contributed by atoms with Gasteiger partial charge in [0.1, 0.15) is 0 Å². The van der Waals surface area contributed by atoms with Gasteiger partial charge in [0.25, 0.3) is 0 Å². The van der Waals surface area contributed by atoms with E-state index >= 15 is 0 Å². The number of hydrogen-bond donors (Lipinski definition) is 2. The number of hydrogen-bond acceptors (Lipinski definition) is 3. The Balaban J connectivity index is 1.63. The maximum absolute atomic E-state index is 12.1. The van der Waals surface area contributed by atoms with Crippen LogP contribution in [0.3, 0.4) is 0 Å². The maximum Gasteiger partial charge on any atom is 0.191 e. The summed E-state index contributed by atoms with van der Waals surface area (Å²) in [7, 11) is 0.760. The van der Waals surface area contributed by atoms with Crippen LogP contribution in [0.1, 0.15) is 0 Å². The largest absolute Gasteiger partial charge is 0.356 e. The molecule has 1 atom stereocenters. The first-order chi connectivity index (χ1) is 11.8. The molecule has 2 rings (SSSR count). The molecule has 0 spiro atoms. The first-order valence-corrected chi connectivity index (χ1v) is 10.2. The second kappa shape index (κ2) is 10.9. The van der Waals surface area contributed by atoms with E-state index < -0.39 is 10.8 Å². The molecule has 6 heteroatoms. The Kier molecular flexibility index (Phi) is 8.41. The van der Waals surface area contributed by atoms with E-state index in [1.165, 1.54) is 4.90 Å². The Morgan fingerprint density at radius 2 is 1.62 bits per heavy atom. The highest BCUT2D eigenvalue weighted by atomic mass is 32.2. The van der Waals surface area contributed by atoms with Gasteiger partial charge in [0, 0.05) is 41.4 Å². The molecule has 2 N–H and O–H groups in total. The van der Waals surface area contributed by atoms with Crippen LogP contribution in [0.2, 0.25) is 0 Å². The van der Waals surface area contributed by atoms with Gasteiger partial charge < -0.3 is 10.6 Å². The topological polar surface area (TPSA) is 53.5 Å². The standard InChI is InChI=1S/C18H23N3OS2/c1-19-18(20-12-14-23-16-8-4-2-5-9-16)21-13-15-24(22)17-10-6-3-7-11-17/h2-11H,12-15H2,1H3,(H2,19,20,21). The highest BCUT2D eigenvalue weighted by Crippen LogP contribution is 2.15. The molecule has 0 saturated heterocycles. The summed E-state index contributed by atoms with van der Waals surface area (Å²) in [6.07, 6.45) is 0. The zero-order valence-corrected chi connectivity index (χ0v) is 15.4. The summed E-state index contributed by atoms with van der Waals surface area (Å²) in [4.78, 5) is 6.32. The molecule has 0 aliphatic heterocycles. The normalized spacial score (nSPS) is 12.6. The molecule has 2 aromatic carbocycles. The fraction of sp³-hybridized carbons (Fsp3) is 0.278. The quantitative estimate of drug-likeness (QED) is 0.329. The number of rotatable bonds is 8. The summed E-state index contributed by atoms with van der Waals surface area (Å²) in [6.45, 7) is 1.44. The summed E-state index contributed by atoms with van der Waals surface area (Å²) in [5.74, 6) is 2.26. The zero-order valence-electron chi connectivity index (χ0n) is 13.8. The SMILES string of the molecule is CN=C(NCCSc1ccccc1)NCCS(=O)c1ccccc1. The van der Waals surface area contributed by atoms with E-state index in [1.54, 1.807) is 18.8 Å². The van der Waals surface area contributed by atoms with Crippen molar-refractivity contribution in [3.05, 3.63) is 60.7 Å². The second-order valence-electron chi connectivity index (χ2n) is 4.95. The van der Waals surface area contributed by atoms with Gasteiger partial charge >= 0.3 is 0 Å². The van der Waals surface area contributed by atoms with Crippen molar-refractivity contribution in [2.75, 3.05) is 31.6 Å². The first-order valence-electron chi connectivity index (χ1n) is 7.85. The molecule has 1 unspecified atom stereocenters. The molecule has 0 fully saturated rings. The van der Waals surface area contributed by atoms with Gasteiger partial charge in [0.2, 0.25) is 0 Å². The van der Waals surface area contributed by atoms with Gasteiger partial charge in [0.15, 0.2) is 5.96 Å². The minimum absolute atomic E-state index is 0.559. The van der Waals surface area contributed by atoms with Crippen molar-refractivity contribution in [1.29, 1.82) is 0 Å². The van der Waals surface area contributed by atoms with Crippen LogP contribution >= 0.6 is 11.8 Å². The molecule has 0 heterocycles. The summed E-state index contributed by atoms with van der Waals surface area (Å²) in [6, 6.07) is 19.9. The first kappa shape index (κ1) is 18.5. The molecule has 4 nitrogen and oxygen atoms in total. The van der Waals surface area contributed by atoms with Crippen molar-refractivity contribution in [3.8, 4) is 0 Å². The van der Waals surface area contributed by atoms with Gasteiger partial charge in [-0.3, -0.25) is 9.20 Å². The number of guanidine groups is 1. The molecule has 0 saturated carbocycles. The highest BCUT2D eigenvalue weighted by molar-refractivity contribution is 7.99. The average Bonchev–Trinajstić information content (AvgIpc) is 2.65. The number of benzene rings is 2. The fourth-order valence-corrected chi connectivity index (χ4v) is 3.80. The predicted octanol–water partition coefficient (Wildman–Crippen LogP) is 2.75. The van der Waals surface area contributed by atoms with Crippen molar-refractivity contribution in [3.63, 3.8) is 0 Å². The van der Waals surface area contributed by atoms with Crippen LogP contribution in [0.5, 0.6) is 0 Å². The van der Waals surface area contributed by atoms with Crippen LogP contribution in [0.25, 0.3) is 0 Å². The number of nitrogens with zero attached hydrogens (tertiary/aromatic N) is 1. The van der Waals surface area contributed by atoms with Crippen molar-refractivity contribution in [2.24, 2.45) is 4.99 Å². The zero-order chi connectivity index (χ0) is 17.0. The smallest absolute Gasteiger partial charge is 0.191 e. The molecule has 0 aliphatic rings. The van der Waals surface area contributed by atoms with E-state index in [9.17, 15) is 4.21 Å². The summed E-state index contributed by atoms with van der Waals surface area (Å²) >= 11 is 1.81. The van der Waals surface area contributed by atoms with E-state index in [-0.39, 0.29) is 0 Å². The van der Waals surface area contributed by atoms with E-state index in [1.807, 2.05) is 48.5 Å². The van der Waals surface area contributed by atoms with Crippen molar-refractivity contribution >= 4 is 28.5 Å². The fourth-order valence-electron chi connectivity index (χ4n) is 2.03. The lowest BCUT2D eigenvalue weighted by Gasteiger charge is -2.11. The minimum atomic E-state index is -0.983. The van der Waals surface area contributed by atoms with Gasteiger partial charge in [-0.05, 0) is 24.3 Å². The van der Waals surface area contributed by atoms with Crippen LogP contribution in [0.15, 0.2) is 75.4 Å². The summed E-state index contributed by atoms with van der Waals surface area (Å²) < 4.78 is 12.1. The third kappa shape index (κ3) is 6.76. The van der Waals surface area contributed by atoms with Crippen molar-refractivity contribution in [1.82, 2.24) is 10.6 Å². The number of thioether (sulfide) groups is 1. The van der Waals surface area contributed by atoms with Gasteiger partial charge in [0.05, 0.1) is 10.8 Å². The van der Waals surface area contributed by atoms with Gasteiger partial charge in [-0.2, -0.15) is 0 Å². The molecule has 0 radical (unpaired) electrons. The third-order valence-corrected chi connectivity index (χ3v) is 5.60. The van der Waals surface area contributed by atoms with E-state index in [2.05, 4.69) is 27.8 Å². The minimum Gasteiger partial charge on any atom is -0.356 e. The Bertz CT molecular complexity index is 648. The highest BCUT2D eigenvalue weighted by Gasteiger charge is 2.03. The van der Waals surface area contributed by atoms with Crippen LogP contribution in [0, 0.1) is 0 Å². The average molecular weight is 362 g/mol. The molecule has 0 bridgehead atoms. The molecule has 0 aliphatic carbocycles. The van der Waals surface area contributed by atoms with Gasteiger partial charge in [-0.15, -0.1) is 11.8 Å². The lowest BCUT2D eigenvalue weighted by atomic mass is 10.4. The Hall–Kier alpha value is -1.79. The van der Waals surface area contributed by atoms with Crippen LogP contribution in [0.4, 0.5) is 0 Å². The Labute approximate surface area is 150 Å². The Morgan fingerprint density at radius 1 is 1.00 bits per heavy atom. The molecular formula is C18H23N3OS2. The van der Waals surface area contributed by atoms with E-state index in [4.69, 9.17) is 0 Å². The van der Waals surface area contributed by atoms with Crippen LogP contribution in [-0.2, 0) is 10.8 Å². The van der Waals surface area contributed by atoms with Gasteiger partial charge in [-0.25, -0.2) is 0 Å². The summed E-state index contributed by atoms with van der Waals surface area (Å²) in [5.41, 5.74) is 0. The van der Waals surface area contributed by atoms with Crippen molar-refractivity contribution < 1.29 is 4.21 Å². The Morgan fingerprint density at radius 3 is 2.29 bits per heavy atom. The van der Waals surface area contributed by atoms with Crippen molar-refractivity contribution in [2.45, 2.75) is 9.79 Å². The lowest BCUT2D eigenvalue weighted by Crippen LogP contribution is -2.40. The monoisotopic (exact) mass is 361 g/mol. The number of nitrogens with one attached hydrogen (secondary N) is 2. The molecule has 0 aromatic heterocycles. The molecule has 0 amide bonds. The predicted molar refractivity (Wildman–Crippen MR) is 104 cm³/mol. The molecule has 128 valence electrons. The second-order valence-corrected chi connectivity index (χ2v) is 7.69. The van der Waals surface area contributed by atoms with E-state index in [0.717, 1.165) is 23.2 Å².